The number of nitrogens with zero attached hydrogens (tertiary/aromatic N) is 3. The Hall–Kier alpha value is -1.85. The first kappa shape index (κ1) is 15.2. The van der Waals surface area contributed by atoms with Crippen LogP contribution in [0, 0.1) is 6.92 Å². The van der Waals surface area contributed by atoms with Crippen LogP contribution in [0.2, 0.25) is 0 Å². The lowest BCUT2D eigenvalue weighted by Crippen LogP contribution is -2.37. The third-order valence-corrected chi connectivity index (χ3v) is 2.70. The fourth-order valence-electron chi connectivity index (χ4n) is 1.77. The van der Waals surface area contributed by atoms with Gasteiger partial charge in [-0.2, -0.15) is 0 Å². The van der Waals surface area contributed by atoms with Gasteiger partial charge in [-0.1, -0.05) is 0 Å². The average Bonchev–Trinajstić information content (AvgIpc) is 2.37. The summed E-state index contributed by atoms with van der Waals surface area (Å²) in [4.78, 5) is 21.8. The van der Waals surface area contributed by atoms with Crippen molar-refractivity contribution in [2.45, 2.75) is 33.7 Å². The molecule has 0 fully saturated rings. The van der Waals surface area contributed by atoms with Crippen LogP contribution in [-0.2, 0) is 9.53 Å². The molecule has 0 atom stereocenters. The highest BCUT2D eigenvalue weighted by molar-refractivity contribution is 5.76. The van der Waals surface area contributed by atoms with Gasteiger partial charge in [0, 0.05) is 6.04 Å². The first-order chi connectivity index (χ1) is 9.01. The molecule has 0 aromatic carbocycles. The van der Waals surface area contributed by atoms with Crippen LogP contribution < -0.4 is 9.64 Å². The van der Waals surface area contributed by atoms with E-state index in [1.54, 1.807) is 14.0 Å². The summed E-state index contributed by atoms with van der Waals surface area (Å²) < 4.78 is 10.2. The monoisotopic (exact) mass is 267 g/mol. The number of aromatic nitrogens is 2. The second-order valence-electron chi connectivity index (χ2n) is 4.36. The highest BCUT2D eigenvalue weighted by atomic mass is 16.5. The van der Waals surface area contributed by atoms with E-state index in [9.17, 15) is 4.79 Å². The van der Waals surface area contributed by atoms with E-state index in [2.05, 4.69) is 9.97 Å². The van der Waals surface area contributed by atoms with Gasteiger partial charge in [0.15, 0.2) is 0 Å². The minimum atomic E-state index is -0.270. The maximum Gasteiger partial charge on any atom is 0.325 e. The van der Waals surface area contributed by atoms with Crippen LogP contribution in [0.1, 0.15) is 26.3 Å². The highest BCUT2D eigenvalue weighted by Crippen LogP contribution is 2.24. The van der Waals surface area contributed by atoms with E-state index in [0.717, 1.165) is 5.56 Å². The van der Waals surface area contributed by atoms with Crippen LogP contribution in [0.25, 0.3) is 0 Å². The molecule has 0 N–H and O–H groups in total. The molecule has 1 aromatic rings. The van der Waals surface area contributed by atoms with Crippen LogP contribution in [-0.4, -0.2) is 42.2 Å². The molecule has 106 valence electrons. The molecule has 0 radical (unpaired) electrons. The number of carbonyl (C=O) groups excluding carboxylic acids is 1. The molecule has 1 aromatic heterocycles. The van der Waals surface area contributed by atoms with Gasteiger partial charge in [0.05, 0.1) is 19.3 Å². The number of ether oxygens (including phenoxy) is 2. The van der Waals surface area contributed by atoms with Crippen molar-refractivity contribution in [3.63, 3.8) is 0 Å². The summed E-state index contributed by atoms with van der Waals surface area (Å²) in [7, 11) is 1.56. The Bertz CT molecular complexity index is 435. The lowest BCUT2D eigenvalue weighted by Gasteiger charge is -2.28. The predicted molar refractivity (Wildman–Crippen MR) is 72.4 cm³/mol. The van der Waals surface area contributed by atoms with Gasteiger partial charge in [-0.25, -0.2) is 9.97 Å². The van der Waals surface area contributed by atoms with E-state index in [4.69, 9.17) is 9.47 Å². The van der Waals surface area contributed by atoms with Crippen LogP contribution in [0.15, 0.2) is 6.33 Å². The molecule has 1 heterocycles. The number of esters is 1. The third-order valence-electron chi connectivity index (χ3n) is 2.70. The Morgan fingerprint density at radius 2 is 2.11 bits per heavy atom. The zero-order valence-electron chi connectivity index (χ0n) is 12.1. The highest BCUT2D eigenvalue weighted by Gasteiger charge is 2.20. The summed E-state index contributed by atoms with van der Waals surface area (Å²) in [6.07, 6.45) is 1.43. The quantitative estimate of drug-likeness (QED) is 0.729. The number of hydrogen-bond donors (Lipinski definition) is 0. The van der Waals surface area contributed by atoms with Crippen LogP contribution in [0.5, 0.6) is 5.88 Å². The summed E-state index contributed by atoms with van der Waals surface area (Å²) in [6, 6.07) is 0.114. The Morgan fingerprint density at radius 1 is 1.42 bits per heavy atom. The van der Waals surface area contributed by atoms with Crippen LogP contribution >= 0.6 is 0 Å². The normalized spacial score (nSPS) is 10.4. The molecule has 0 aliphatic rings. The molecule has 6 nitrogen and oxygen atoms in total. The van der Waals surface area contributed by atoms with Gasteiger partial charge in [0.1, 0.15) is 18.7 Å². The van der Waals surface area contributed by atoms with E-state index in [1.807, 2.05) is 25.7 Å². The average molecular weight is 267 g/mol. The lowest BCUT2D eigenvalue weighted by molar-refractivity contribution is -0.141. The number of anilines is 1. The zero-order valence-corrected chi connectivity index (χ0v) is 12.1. The fraction of sp³-hybridized carbons (Fsp3) is 0.615. The van der Waals surface area contributed by atoms with Gasteiger partial charge in [-0.15, -0.1) is 0 Å². The number of hydrogen-bond acceptors (Lipinski definition) is 6. The van der Waals surface area contributed by atoms with Crippen molar-refractivity contribution in [3.05, 3.63) is 11.9 Å². The van der Waals surface area contributed by atoms with Crippen molar-refractivity contribution in [2.24, 2.45) is 0 Å². The molecular weight excluding hydrogens is 246 g/mol. The SMILES string of the molecule is CCOC(=O)CN(c1ncnc(OC)c1C)C(C)C. The van der Waals surface area contributed by atoms with Gasteiger partial charge in [-0.05, 0) is 27.7 Å². The molecule has 0 bridgehead atoms. The number of carbonyl (C=O) groups is 1. The molecule has 1 rings (SSSR count). The van der Waals surface area contributed by atoms with Gasteiger partial charge in [0.2, 0.25) is 5.88 Å². The van der Waals surface area contributed by atoms with Crippen LogP contribution in [0.3, 0.4) is 0 Å². The molecule has 0 aliphatic heterocycles. The fourth-order valence-corrected chi connectivity index (χ4v) is 1.77. The Labute approximate surface area is 113 Å². The Balaban J connectivity index is 3.02. The van der Waals surface area contributed by atoms with Crippen LogP contribution in [0.4, 0.5) is 5.82 Å². The Kier molecular flexibility index (Phi) is 5.54. The number of methoxy groups -OCH3 is 1. The van der Waals surface area contributed by atoms with E-state index in [0.29, 0.717) is 18.3 Å². The first-order valence-electron chi connectivity index (χ1n) is 6.29. The standard InChI is InChI=1S/C13H21N3O3/c1-6-19-11(17)7-16(9(2)3)12-10(4)13(18-5)15-8-14-12/h8-9H,6-7H2,1-5H3. The molecule has 0 saturated heterocycles. The number of rotatable bonds is 6. The molecule has 0 spiro atoms. The second kappa shape index (κ2) is 6.92. The summed E-state index contributed by atoms with van der Waals surface area (Å²) >= 11 is 0. The minimum Gasteiger partial charge on any atom is -0.481 e. The lowest BCUT2D eigenvalue weighted by atomic mass is 10.2. The maximum absolute atomic E-state index is 11.7. The molecule has 0 amide bonds. The molecular formula is C13H21N3O3. The van der Waals surface area contributed by atoms with E-state index in [-0.39, 0.29) is 18.6 Å². The minimum absolute atomic E-state index is 0.114. The summed E-state index contributed by atoms with van der Waals surface area (Å²) in [5.74, 6) is 0.933. The maximum atomic E-state index is 11.7. The van der Waals surface area contributed by atoms with Crippen molar-refractivity contribution in [2.75, 3.05) is 25.2 Å². The molecule has 0 aliphatic carbocycles. The van der Waals surface area contributed by atoms with Gasteiger partial charge >= 0.3 is 5.97 Å². The van der Waals surface area contributed by atoms with E-state index in [1.165, 1.54) is 6.33 Å². The van der Waals surface area contributed by atoms with Crippen molar-refractivity contribution in [1.29, 1.82) is 0 Å². The smallest absolute Gasteiger partial charge is 0.325 e. The second-order valence-corrected chi connectivity index (χ2v) is 4.36. The molecule has 19 heavy (non-hydrogen) atoms. The Morgan fingerprint density at radius 3 is 2.63 bits per heavy atom. The van der Waals surface area contributed by atoms with Gasteiger partial charge in [-0.3, -0.25) is 4.79 Å². The van der Waals surface area contributed by atoms with E-state index < -0.39 is 0 Å². The third kappa shape index (κ3) is 3.81. The largest absolute Gasteiger partial charge is 0.481 e. The van der Waals surface area contributed by atoms with E-state index >= 15 is 0 Å². The van der Waals surface area contributed by atoms with Crippen molar-refractivity contribution in [3.8, 4) is 5.88 Å². The predicted octanol–water partition coefficient (Wildman–Crippen LogP) is 1.57. The van der Waals surface area contributed by atoms with Crippen molar-refractivity contribution in [1.82, 2.24) is 9.97 Å². The summed E-state index contributed by atoms with van der Waals surface area (Å²) in [5.41, 5.74) is 0.808. The van der Waals surface area contributed by atoms with Gasteiger partial charge in [0.25, 0.3) is 0 Å². The molecule has 6 heteroatoms. The topological polar surface area (TPSA) is 64.5 Å². The van der Waals surface area contributed by atoms with Crippen molar-refractivity contribution >= 4 is 11.8 Å². The summed E-state index contributed by atoms with van der Waals surface area (Å²) in [6.45, 7) is 8.18. The zero-order chi connectivity index (χ0) is 14.4. The summed E-state index contributed by atoms with van der Waals surface area (Å²) in [5, 5.41) is 0. The first-order valence-corrected chi connectivity index (χ1v) is 6.29. The molecule has 0 saturated carbocycles. The van der Waals surface area contributed by atoms with Gasteiger partial charge < -0.3 is 14.4 Å². The van der Waals surface area contributed by atoms with Crippen molar-refractivity contribution < 1.29 is 14.3 Å². The molecule has 0 unspecified atom stereocenters.